The van der Waals surface area contributed by atoms with Crippen molar-refractivity contribution in [2.45, 2.75) is 25.7 Å². The molecule has 0 spiro atoms. The number of rotatable bonds is 5. The van der Waals surface area contributed by atoms with E-state index in [0.717, 1.165) is 37.5 Å². The van der Waals surface area contributed by atoms with Crippen LogP contribution in [-0.2, 0) is 9.59 Å². The first-order valence-corrected chi connectivity index (χ1v) is 4.85. The molecule has 0 aromatic heterocycles. The number of nitrogens with one attached hydrogen (secondary N) is 1. The van der Waals surface area contributed by atoms with E-state index in [-0.39, 0.29) is 0 Å². The quantitative estimate of drug-likeness (QED) is 0.529. The highest BCUT2D eigenvalue weighted by Crippen LogP contribution is 2.21. The Morgan fingerprint density at radius 3 is 2.71 bits per heavy atom. The van der Waals surface area contributed by atoms with Gasteiger partial charge in [0.25, 0.3) is 0 Å². The van der Waals surface area contributed by atoms with E-state index >= 15 is 0 Å². The molecule has 76 valence electrons. The lowest BCUT2D eigenvalue weighted by Crippen LogP contribution is -2.17. The zero-order valence-electron chi connectivity index (χ0n) is 8.16. The molecule has 0 aromatic carbocycles. The normalized spacial score (nSPS) is 18.9. The molecule has 0 fully saturated rings. The smallest absolute Gasteiger partial charge is 0.139 e. The zero-order valence-corrected chi connectivity index (χ0v) is 8.16. The van der Waals surface area contributed by atoms with E-state index in [9.17, 15) is 9.59 Å². The molecule has 0 radical (unpaired) electrons. The minimum Gasteiger partial charge on any atom is -0.382 e. The number of carbonyl (C=O) groups excluding carboxylic acids is 2. The van der Waals surface area contributed by atoms with E-state index in [4.69, 9.17) is 0 Å². The molecule has 0 aromatic rings. The van der Waals surface area contributed by atoms with Crippen molar-refractivity contribution in [3.05, 3.63) is 23.4 Å². The molecule has 3 heteroatoms. The fourth-order valence-electron chi connectivity index (χ4n) is 1.49. The van der Waals surface area contributed by atoms with Gasteiger partial charge in [-0.25, -0.2) is 0 Å². The molecular formula is C11H15NO2. The average molecular weight is 193 g/mol. The van der Waals surface area contributed by atoms with Crippen LogP contribution in [0.4, 0.5) is 0 Å². The standard InChI is InChI=1S/C11H15NO2/c13-8-1-2-10-3-5-11(6-4-10)12-7-9-14/h2,5,8-9,12H,1,3-4,6-7H2. The van der Waals surface area contributed by atoms with Crippen LogP contribution in [-0.4, -0.2) is 19.1 Å². The molecule has 1 aliphatic carbocycles. The lowest BCUT2D eigenvalue weighted by Gasteiger charge is -2.15. The van der Waals surface area contributed by atoms with Crippen molar-refractivity contribution in [2.24, 2.45) is 0 Å². The highest BCUT2D eigenvalue weighted by atomic mass is 16.1. The molecule has 1 rings (SSSR count). The first-order valence-electron chi connectivity index (χ1n) is 4.85. The molecule has 1 N–H and O–H groups in total. The molecule has 0 saturated heterocycles. The Morgan fingerprint density at radius 1 is 1.29 bits per heavy atom. The van der Waals surface area contributed by atoms with Crippen molar-refractivity contribution < 1.29 is 9.59 Å². The van der Waals surface area contributed by atoms with E-state index in [1.54, 1.807) is 0 Å². The molecule has 3 nitrogen and oxygen atoms in total. The Kier molecular flexibility index (Phi) is 4.69. The summed E-state index contributed by atoms with van der Waals surface area (Å²) in [5.74, 6) is 0. The third-order valence-electron chi connectivity index (χ3n) is 2.24. The van der Waals surface area contributed by atoms with E-state index in [1.165, 1.54) is 5.57 Å². The Hall–Kier alpha value is -1.38. The Balaban J connectivity index is 2.38. The van der Waals surface area contributed by atoms with Gasteiger partial charge in [0.2, 0.25) is 0 Å². The summed E-state index contributed by atoms with van der Waals surface area (Å²) in [5, 5.41) is 3.04. The van der Waals surface area contributed by atoms with Crippen LogP contribution >= 0.6 is 0 Å². The van der Waals surface area contributed by atoms with Crippen molar-refractivity contribution in [1.29, 1.82) is 0 Å². The summed E-state index contributed by atoms with van der Waals surface area (Å²) in [7, 11) is 0. The highest BCUT2D eigenvalue weighted by Gasteiger charge is 2.06. The van der Waals surface area contributed by atoms with Crippen LogP contribution in [0.5, 0.6) is 0 Å². The summed E-state index contributed by atoms with van der Waals surface area (Å²) in [4.78, 5) is 20.3. The van der Waals surface area contributed by atoms with Crippen LogP contribution in [0.1, 0.15) is 25.7 Å². The fraction of sp³-hybridized carbons (Fsp3) is 0.455. The molecule has 0 saturated carbocycles. The van der Waals surface area contributed by atoms with Crippen molar-refractivity contribution in [2.75, 3.05) is 6.54 Å². The van der Waals surface area contributed by atoms with Crippen LogP contribution in [0.3, 0.4) is 0 Å². The van der Waals surface area contributed by atoms with Gasteiger partial charge < -0.3 is 14.9 Å². The van der Waals surface area contributed by atoms with Gasteiger partial charge in [-0.3, -0.25) is 0 Å². The molecule has 0 aliphatic heterocycles. The molecular weight excluding hydrogens is 178 g/mol. The topological polar surface area (TPSA) is 46.2 Å². The van der Waals surface area contributed by atoms with Gasteiger partial charge in [0.1, 0.15) is 12.6 Å². The summed E-state index contributed by atoms with van der Waals surface area (Å²) in [6.07, 6.45) is 9.19. The minimum atomic E-state index is 0.388. The Morgan fingerprint density at radius 2 is 2.14 bits per heavy atom. The van der Waals surface area contributed by atoms with Crippen LogP contribution in [0.2, 0.25) is 0 Å². The summed E-state index contributed by atoms with van der Waals surface area (Å²) in [6.45, 7) is 0.388. The van der Waals surface area contributed by atoms with Crippen LogP contribution < -0.4 is 5.32 Å². The predicted molar refractivity (Wildman–Crippen MR) is 54.8 cm³/mol. The molecule has 0 amide bonds. The van der Waals surface area contributed by atoms with Gasteiger partial charge >= 0.3 is 0 Å². The zero-order chi connectivity index (χ0) is 10.2. The largest absolute Gasteiger partial charge is 0.382 e. The van der Waals surface area contributed by atoms with Crippen molar-refractivity contribution >= 4 is 12.6 Å². The molecule has 14 heavy (non-hydrogen) atoms. The minimum absolute atomic E-state index is 0.388. The van der Waals surface area contributed by atoms with Crippen LogP contribution in [0.25, 0.3) is 0 Å². The fourth-order valence-corrected chi connectivity index (χ4v) is 1.49. The number of allylic oxidation sites excluding steroid dienone is 4. The molecule has 0 atom stereocenters. The summed E-state index contributed by atoms with van der Waals surface area (Å²) >= 11 is 0. The first-order chi connectivity index (χ1) is 6.86. The van der Waals surface area contributed by atoms with E-state index in [1.807, 2.05) is 6.08 Å². The monoisotopic (exact) mass is 193 g/mol. The SMILES string of the molecule is O=CCC=C1CC=C(NCC=O)CC1. The van der Waals surface area contributed by atoms with Gasteiger partial charge in [-0.2, -0.15) is 0 Å². The maximum atomic E-state index is 10.1. The van der Waals surface area contributed by atoms with Crippen LogP contribution in [0, 0.1) is 0 Å². The van der Waals surface area contributed by atoms with Gasteiger partial charge in [0.05, 0.1) is 6.54 Å². The second-order valence-electron chi connectivity index (χ2n) is 3.25. The van der Waals surface area contributed by atoms with E-state index in [2.05, 4.69) is 11.4 Å². The maximum Gasteiger partial charge on any atom is 0.139 e. The highest BCUT2D eigenvalue weighted by molar-refractivity contribution is 5.53. The summed E-state index contributed by atoms with van der Waals surface area (Å²) in [6, 6.07) is 0. The predicted octanol–water partition coefficient (Wildman–Crippen LogP) is 1.36. The van der Waals surface area contributed by atoms with Gasteiger partial charge in [0.15, 0.2) is 0 Å². The molecule has 1 aliphatic rings. The second kappa shape index (κ2) is 6.13. The molecule has 0 unspecified atom stereocenters. The van der Waals surface area contributed by atoms with Crippen LogP contribution in [0.15, 0.2) is 23.4 Å². The van der Waals surface area contributed by atoms with Gasteiger partial charge in [0, 0.05) is 12.1 Å². The van der Waals surface area contributed by atoms with Gasteiger partial charge in [-0.1, -0.05) is 17.7 Å². The van der Waals surface area contributed by atoms with E-state index in [0.29, 0.717) is 13.0 Å². The van der Waals surface area contributed by atoms with E-state index < -0.39 is 0 Å². The Labute approximate surface area is 83.9 Å². The summed E-state index contributed by atoms with van der Waals surface area (Å²) in [5.41, 5.74) is 2.45. The van der Waals surface area contributed by atoms with Crippen molar-refractivity contribution in [1.82, 2.24) is 5.32 Å². The van der Waals surface area contributed by atoms with Crippen molar-refractivity contribution in [3.63, 3.8) is 0 Å². The number of hydrogen-bond acceptors (Lipinski definition) is 3. The number of hydrogen-bond donors (Lipinski definition) is 1. The lowest BCUT2D eigenvalue weighted by atomic mass is 9.98. The number of carbonyl (C=O) groups is 2. The van der Waals surface area contributed by atoms with Gasteiger partial charge in [-0.15, -0.1) is 0 Å². The lowest BCUT2D eigenvalue weighted by molar-refractivity contribution is -0.107. The molecule has 0 bridgehead atoms. The average Bonchev–Trinajstić information content (AvgIpc) is 2.25. The molecule has 0 heterocycles. The number of aldehydes is 2. The third-order valence-corrected chi connectivity index (χ3v) is 2.24. The summed E-state index contributed by atoms with van der Waals surface area (Å²) < 4.78 is 0. The third kappa shape index (κ3) is 3.56. The maximum absolute atomic E-state index is 10.1. The second-order valence-corrected chi connectivity index (χ2v) is 3.25. The van der Waals surface area contributed by atoms with Gasteiger partial charge in [-0.05, 0) is 19.3 Å². The first kappa shape index (κ1) is 10.7. The Bertz CT molecular complexity index is 266. The van der Waals surface area contributed by atoms with Crippen molar-refractivity contribution in [3.8, 4) is 0 Å².